The van der Waals surface area contributed by atoms with Crippen LogP contribution >= 0.6 is 0 Å². The van der Waals surface area contributed by atoms with Gasteiger partial charge in [0, 0.05) is 13.1 Å². The molecule has 0 radical (unpaired) electrons. The average molecular weight is 162 g/mol. The number of epoxide rings is 2. The van der Waals surface area contributed by atoms with Gasteiger partial charge in [-0.2, -0.15) is 0 Å². The SMILES string of the molecule is C1CO1.CC1CO1.NCCN. The lowest BCUT2D eigenvalue weighted by atomic mass is 10.6. The third-order valence-corrected chi connectivity index (χ3v) is 0.871. The van der Waals surface area contributed by atoms with Crippen LogP contribution in [0.2, 0.25) is 0 Å². The van der Waals surface area contributed by atoms with Gasteiger partial charge in [0.2, 0.25) is 0 Å². The summed E-state index contributed by atoms with van der Waals surface area (Å²) >= 11 is 0. The first kappa shape index (κ1) is 10.8. The third kappa shape index (κ3) is 25.8. The summed E-state index contributed by atoms with van der Waals surface area (Å²) in [6.07, 6.45) is 0.583. The second-order valence-corrected chi connectivity index (χ2v) is 2.33. The maximum Gasteiger partial charge on any atom is 0.0781 e. The van der Waals surface area contributed by atoms with Crippen molar-refractivity contribution in [1.82, 2.24) is 0 Å². The molecule has 0 amide bonds. The van der Waals surface area contributed by atoms with Crippen molar-refractivity contribution >= 4 is 0 Å². The molecule has 0 aliphatic carbocycles. The summed E-state index contributed by atoms with van der Waals surface area (Å²) < 4.78 is 9.21. The fraction of sp³-hybridized carbons (Fsp3) is 1.00. The van der Waals surface area contributed by atoms with Crippen molar-refractivity contribution in [3.8, 4) is 0 Å². The quantitative estimate of drug-likeness (QED) is 0.501. The van der Waals surface area contributed by atoms with Gasteiger partial charge in [-0.1, -0.05) is 0 Å². The summed E-state index contributed by atoms with van der Waals surface area (Å²) in [6.45, 7) is 6.24. The molecule has 2 fully saturated rings. The molecule has 4 nitrogen and oxygen atoms in total. The van der Waals surface area contributed by atoms with Crippen molar-refractivity contribution in [3.63, 3.8) is 0 Å². The Hall–Kier alpha value is -0.160. The number of hydrogen-bond donors (Lipinski definition) is 2. The Morgan fingerprint density at radius 1 is 1.27 bits per heavy atom. The Morgan fingerprint density at radius 3 is 1.55 bits per heavy atom. The lowest BCUT2D eigenvalue weighted by Gasteiger charge is -1.72. The van der Waals surface area contributed by atoms with Crippen LogP contribution in [0, 0.1) is 0 Å². The molecule has 0 bridgehead atoms. The minimum atomic E-state index is 0.583. The number of ether oxygens (including phenoxy) is 2. The van der Waals surface area contributed by atoms with Gasteiger partial charge in [0.05, 0.1) is 25.9 Å². The normalized spacial score (nSPS) is 23.7. The molecule has 1 atom stereocenters. The van der Waals surface area contributed by atoms with Gasteiger partial charge in [0.25, 0.3) is 0 Å². The van der Waals surface area contributed by atoms with Crippen molar-refractivity contribution in [1.29, 1.82) is 0 Å². The number of nitrogens with two attached hydrogens (primary N) is 2. The molecule has 2 aliphatic rings. The van der Waals surface area contributed by atoms with E-state index < -0.39 is 0 Å². The van der Waals surface area contributed by atoms with E-state index >= 15 is 0 Å². The molecule has 0 aromatic rings. The predicted octanol–water partition coefficient (Wildman–Crippen LogP) is -0.674. The Labute approximate surface area is 67.8 Å². The smallest absolute Gasteiger partial charge is 0.0781 e. The zero-order valence-corrected chi connectivity index (χ0v) is 7.08. The fourth-order valence-corrected chi connectivity index (χ4v) is 0.0962. The first-order valence-electron chi connectivity index (χ1n) is 3.90. The molecule has 0 aromatic heterocycles. The van der Waals surface area contributed by atoms with Crippen molar-refractivity contribution in [3.05, 3.63) is 0 Å². The minimum absolute atomic E-state index is 0.583. The average Bonchev–Trinajstić information content (AvgIpc) is 2.81. The molecule has 1 unspecified atom stereocenters. The van der Waals surface area contributed by atoms with Crippen LogP contribution in [0.25, 0.3) is 0 Å². The van der Waals surface area contributed by atoms with E-state index in [1.54, 1.807) is 0 Å². The van der Waals surface area contributed by atoms with E-state index in [1.807, 2.05) is 0 Å². The molecular weight excluding hydrogens is 144 g/mol. The molecule has 2 aliphatic heterocycles. The van der Waals surface area contributed by atoms with E-state index in [-0.39, 0.29) is 0 Å². The Kier molecular flexibility index (Phi) is 7.83. The van der Waals surface area contributed by atoms with Crippen LogP contribution in [-0.4, -0.2) is 39.0 Å². The molecule has 68 valence electrons. The van der Waals surface area contributed by atoms with Gasteiger partial charge in [0.15, 0.2) is 0 Å². The predicted molar refractivity (Wildman–Crippen MR) is 44.3 cm³/mol. The largest absolute Gasteiger partial charge is 0.377 e. The molecule has 2 rings (SSSR count). The van der Waals surface area contributed by atoms with Gasteiger partial charge in [-0.15, -0.1) is 0 Å². The lowest BCUT2D eigenvalue weighted by Crippen LogP contribution is -2.11. The molecule has 4 heteroatoms. The molecule has 0 saturated carbocycles. The minimum Gasteiger partial charge on any atom is -0.377 e. The van der Waals surface area contributed by atoms with Crippen LogP contribution in [0.15, 0.2) is 0 Å². The van der Waals surface area contributed by atoms with Crippen LogP contribution in [-0.2, 0) is 9.47 Å². The highest BCUT2D eigenvalue weighted by Crippen LogP contribution is 2.04. The van der Waals surface area contributed by atoms with Crippen LogP contribution in [0.5, 0.6) is 0 Å². The van der Waals surface area contributed by atoms with Crippen molar-refractivity contribution in [2.24, 2.45) is 11.5 Å². The van der Waals surface area contributed by atoms with E-state index in [0.717, 1.165) is 19.8 Å². The molecular formula is C7H18N2O2. The molecule has 4 N–H and O–H groups in total. The Bertz CT molecular complexity index is 70.1. The number of hydrogen-bond acceptors (Lipinski definition) is 4. The van der Waals surface area contributed by atoms with E-state index in [1.165, 1.54) is 0 Å². The summed E-state index contributed by atoms with van der Waals surface area (Å²) in [5.74, 6) is 0. The first-order chi connectivity index (χ1) is 5.31. The van der Waals surface area contributed by atoms with Crippen molar-refractivity contribution in [2.45, 2.75) is 13.0 Å². The highest BCUT2D eigenvalue weighted by molar-refractivity contribution is 4.58. The molecule has 11 heavy (non-hydrogen) atoms. The van der Waals surface area contributed by atoms with Crippen LogP contribution in [0.1, 0.15) is 6.92 Å². The topological polar surface area (TPSA) is 77.1 Å². The van der Waals surface area contributed by atoms with Crippen LogP contribution < -0.4 is 11.5 Å². The second kappa shape index (κ2) is 7.94. The molecule has 0 spiro atoms. The first-order valence-corrected chi connectivity index (χ1v) is 3.90. The summed E-state index contributed by atoms with van der Waals surface area (Å²) in [7, 11) is 0. The maximum atomic E-state index is 4.90. The lowest BCUT2D eigenvalue weighted by molar-refractivity contribution is 0.423. The highest BCUT2D eigenvalue weighted by atomic mass is 16.6. The highest BCUT2D eigenvalue weighted by Gasteiger charge is 2.13. The molecule has 0 aromatic carbocycles. The van der Waals surface area contributed by atoms with Gasteiger partial charge < -0.3 is 20.9 Å². The van der Waals surface area contributed by atoms with E-state index in [0.29, 0.717) is 19.2 Å². The third-order valence-electron chi connectivity index (χ3n) is 0.871. The van der Waals surface area contributed by atoms with Gasteiger partial charge in [0.1, 0.15) is 0 Å². The standard InChI is InChI=1S/C3H6O.C2H8N2.C2H4O/c1-3-2-4-3;3-1-2-4;1-2-3-1/h3H,2H2,1H3;1-4H2;1-2H2. The van der Waals surface area contributed by atoms with Crippen LogP contribution in [0.4, 0.5) is 0 Å². The zero-order chi connectivity index (χ0) is 8.53. The summed E-state index contributed by atoms with van der Waals surface area (Å²) in [5, 5.41) is 0. The van der Waals surface area contributed by atoms with E-state index in [9.17, 15) is 0 Å². The van der Waals surface area contributed by atoms with Crippen LogP contribution in [0.3, 0.4) is 0 Å². The van der Waals surface area contributed by atoms with Gasteiger partial charge in [-0.3, -0.25) is 0 Å². The van der Waals surface area contributed by atoms with Gasteiger partial charge in [-0.05, 0) is 6.92 Å². The van der Waals surface area contributed by atoms with Crippen molar-refractivity contribution < 1.29 is 9.47 Å². The fourth-order valence-electron chi connectivity index (χ4n) is 0.0962. The Morgan fingerprint density at radius 2 is 1.55 bits per heavy atom. The molecule has 2 saturated heterocycles. The molecule has 2 heterocycles. The number of rotatable bonds is 1. The Balaban J connectivity index is 0.000000137. The maximum absolute atomic E-state index is 4.90. The van der Waals surface area contributed by atoms with E-state index in [2.05, 4.69) is 11.7 Å². The summed E-state index contributed by atoms with van der Waals surface area (Å²) in [5.41, 5.74) is 9.81. The van der Waals surface area contributed by atoms with Gasteiger partial charge in [-0.25, -0.2) is 0 Å². The zero-order valence-electron chi connectivity index (χ0n) is 7.08. The van der Waals surface area contributed by atoms with Crippen molar-refractivity contribution in [2.75, 3.05) is 32.9 Å². The summed E-state index contributed by atoms with van der Waals surface area (Å²) in [4.78, 5) is 0. The summed E-state index contributed by atoms with van der Waals surface area (Å²) in [6, 6.07) is 0. The van der Waals surface area contributed by atoms with E-state index in [4.69, 9.17) is 16.2 Å². The monoisotopic (exact) mass is 162 g/mol. The van der Waals surface area contributed by atoms with Gasteiger partial charge >= 0.3 is 0 Å². The second-order valence-electron chi connectivity index (χ2n) is 2.33.